The van der Waals surface area contributed by atoms with Gasteiger partial charge in [-0.1, -0.05) is 25.5 Å². The minimum Gasteiger partial charge on any atom is -0.375 e. The van der Waals surface area contributed by atoms with Gasteiger partial charge in [0.15, 0.2) is 0 Å². The molecule has 148 valence electrons. The highest BCUT2D eigenvalue weighted by Gasteiger charge is 2.15. The molecule has 27 heavy (non-hydrogen) atoms. The van der Waals surface area contributed by atoms with Gasteiger partial charge in [0.25, 0.3) is 0 Å². The van der Waals surface area contributed by atoms with Crippen molar-refractivity contribution in [2.75, 3.05) is 33.9 Å². The second-order valence-electron chi connectivity index (χ2n) is 6.66. The summed E-state index contributed by atoms with van der Waals surface area (Å²) in [5.74, 6) is 0.828. The van der Waals surface area contributed by atoms with Gasteiger partial charge >= 0.3 is 0 Å². The van der Waals surface area contributed by atoms with E-state index in [1.165, 1.54) is 7.11 Å². The Bertz CT molecular complexity index is 757. The number of benzene rings is 1. The van der Waals surface area contributed by atoms with Gasteiger partial charge in [0, 0.05) is 33.7 Å². The van der Waals surface area contributed by atoms with Gasteiger partial charge in [-0.05, 0) is 25.0 Å². The van der Waals surface area contributed by atoms with Gasteiger partial charge in [0.2, 0.25) is 11.8 Å². The Morgan fingerprint density at radius 1 is 1.26 bits per heavy atom. The number of aryl methyl sites for hydroxylation is 1. The van der Waals surface area contributed by atoms with E-state index >= 15 is 0 Å². The van der Waals surface area contributed by atoms with Crippen molar-refractivity contribution in [1.29, 1.82) is 0 Å². The quantitative estimate of drug-likeness (QED) is 0.610. The number of likely N-dealkylation sites (N-methyl/N-ethyl adjacent to an activating group) is 1. The van der Waals surface area contributed by atoms with Crippen LogP contribution in [0, 0.1) is 0 Å². The van der Waals surface area contributed by atoms with Crippen LogP contribution in [0.3, 0.4) is 0 Å². The molecule has 0 aliphatic rings. The third-order valence-corrected chi connectivity index (χ3v) is 4.47. The zero-order chi connectivity index (χ0) is 19.6. The average Bonchev–Trinajstić information content (AvgIpc) is 3.01. The number of amides is 2. The van der Waals surface area contributed by atoms with Crippen molar-refractivity contribution in [3.63, 3.8) is 0 Å². The monoisotopic (exact) mass is 374 g/mol. The molecule has 0 radical (unpaired) electrons. The predicted octanol–water partition coefficient (Wildman–Crippen LogP) is 1.99. The standard InChI is InChI=1S/C20H30N4O3/c1-4-5-13-23(2)20(26)14-24-17-10-7-6-9-16(17)22-18(24)11-8-12-21-19(25)15-27-3/h6-7,9-10H,4-5,8,11-15H2,1-3H3,(H,21,25). The summed E-state index contributed by atoms with van der Waals surface area (Å²) in [7, 11) is 3.35. The van der Waals surface area contributed by atoms with Crippen molar-refractivity contribution < 1.29 is 14.3 Å². The minimum atomic E-state index is -0.126. The van der Waals surface area contributed by atoms with Crippen LogP contribution in [0.1, 0.15) is 32.0 Å². The normalized spacial score (nSPS) is 10.9. The zero-order valence-corrected chi connectivity index (χ0v) is 16.5. The van der Waals surface area contributed by atoms with Crippen molar-refractivity contribution in [2.24, 2.45) is 0 Å². The van der Waals surface area contributed by atoms with Crippen molar-refractivity contribution in [3.05, 3.63) is 30.1 Å². The number of unbranched alkanes of at least 4 members (excludes halogenated alkanes) is 1. The Balaban J connectivity index is 2.06. The highest BCUT2D eigenvalue weighted by atomic mass is 16.5. The van der Waals surface area contributed by atoms with E-state index in [0.717, 1.165) is 42.7 Å². The van der Waals surface area contributed by atoms with E-state index in [0.29, 0.717) is 13.0 Å². The van der Waals surface area contributed by atoms with Crippen LogP contribution in [0.2, 0.25) is 0 Å². The summed E-state index contributed by atoms with van der Waals surface area (Å²) in [5, 5.41) is 2.81. The van der Waals surface area contributed by atoms with Gasteiger partial charge in [-0.2, -0.15) is 0 Å². The number of fused-ring (bicyclic) bond motifs is 1. The maximum Gasteiger partial charge on any atom is 0.245 e. The number of nitrogens with one attached hydrogen (secondary N) is 1. The molecule has 0 atom stereocenters. The molecule has 2 amide bonds. The highest BCUT2D eigenvalue weighted by Crippen LogP contribution is 2.17. The predicted molar refractivity (Wildman–Crippen MR) is 105 cm³/mol. The summed E-state index contributed by atoms with van der Waals surface area (Å²) >= 11 is 0. The number of hydrogen-bond donors (Lipinski definition) is 1. The Morgan fingerprint density at radius 2 is 2.04 bits per heavy atom. The molecule has 0 saturated heterocycles. The lowest BCUT2D eigenvalue weighted by atomic mass is 10.2. The smallest absolute Gasteiger partial charge is 0.245 e. The van der Waals surface area contributed by atoms with Crippen LogP contribution in [-0.2, 0) is 27.3 Å². The number of aromatic nitrogens is 2. The summed E-state index contributed by atoms with van der Waals surface area (Å²) in [4.78, 5) is 30.6. The molecule has 2 aromatic rings. The Hall–Kier alpha value is -2.41. The molecule has 7 nitrogen and oxygen atoms in total. The second kappa shape index (κ2) is 10.7. The zero-order valence-electron chi connectivity index (χ0n) is 16.5. The Kier molecular flexibility index (Phi) is 8.26. The van der Waals surface area contributed by atoms with E-state index in [9.17, 15) is 9.59 Å². The number of hydrogen-bond acceptors (Lipinski definition) is 4. The molecule has 1 N–H and O–H groups in total. The second-order valence-corrected chi connectivity index (χ2v) is 6.66. The molecule has 1 aromatic carbocycles. The van der Waals surface area contributed by atoms with Crippen LogP contribution < -0.4 is 5.32 Å². The van der Waals surface area contributed by atoms with Crippen molar-refractivity contribution in [1.82, 2.24) is 19.8 Å². The van der Waals surface area contributed by atoms with Gasteiger partial charge in [-0.15, -0.1) is 0 Å². The third kappa shape index (κ3) is 6.06. The number of rotatable bonds is 11. The number of carbonyl (C=O) groups excluding carboxylic acids is 2. The molecule has 0 bridgehead atoms. The molecular formula is C20H30N4O3. The number of nitrogens with zero attached hydrogens (tertiary/aromatic N) is 3. The van der Waals surface area contributed by atoms with Crippen molar-refractivity contribution in [2.45, 2.75) is 39.2 Å². The van der Waals surface area contributed by atoms with Crippen LogP contribution in [0.25, 0.3) is 11.0 Å². The minimum absolute atomic E-state index is 0.0666. The first-order valence-corrected chi connectivity index (χ1v) is 9.50. The molecule has 0 spiro atoms. The Labute approximate surface area is 160 Å². The maximum absolute atomic E-state index is 12.6. The number of methoxy groups -OCH3 is 1. The molecule has 0 saturated carbocycles. The van der Waals surface area contributed by atoms with Crippen molar-refractivity contribution >= 4 is 22.8 Å². The molecule has 1 aromatic heterocycles. The van der Waals surface area contributed by atoms with Gasteiger partial charge in [0.05, 0.1) is 11.0 Å². The summed E-state index contributed by atoms with van der Waals surface area (Å²) in [6.45, 7) is 3.78. The summed E-state index contributed by atoms with van der Waals surface area (Å²) in [5.41, 5.74) is 1.85. The molecular weight excluding hydrogens is 344 g/mol. The van der Waals surface area contributed by atoms with Crippen LogP contribution in [-0.4, -0.2) is 60.1 Å². The molecule has 7 heteroatoms. The lowest BCUT2D eigenvalue weighted by molar-refractivity contribution is -0.130. The number of carbonyl (C=O) groups is 2. The van der Waals surface area contributed by atoms with Crippen LogP contribution >= 0.6 is 0 Å². The fraction of sp³-hybridized carbons (Fsp3) is 0.550. The fourth-order valence-electron chi connectivity index (χ4n) is 2.93. The number of ether oxygens (including phenoxy) is 1. The highest BCUT2D eigenvalue weighted by molar-refractivity contribution is 5.81. The number of imidazole rings is 1. The van der Waals surface area contributed by atoms with Gasteiger partial charge in [-0.3, -0.25) is 9.59 Å². The van der Waals surface area contributed by atoms with E-state index < -0.39 is 0 Å². The van der Waals surface area contributed by atoms with Crippen LogP contribution in [0.4, 0.5) is 0 Å². The summed E-state index contributed by atoms with van der Waals surface area (Å²) in [6, 6.07) is 7.86. The number of para-hydroxylation sites is 2. The summed E-state index contributed by atoms with van der Waals surface area (Å²) in [6.07, 6.45) is 3.50. The third-order valence-electron chi connectivity index (χ3n) is 4.47. The molecule has 0 aliphatic heterocycles. The lowest BCUT2D eigenvalue weighted by Gasteiger charge is -2.18. The average molecular weight is 374 g/mol. The molecule has 2 rings (SSSR count). The van der Waals surface area contributed by atoms with E-state index in [1.54, 1.807) is 4.90 Å². The molecule has 0 aliphatic carbocycles. The van der Waals surface area contributed by atoms with E-state index in [2.05, 4.69) is 12.2 Å². The SMILES string of the molecule is CCCCN(C)C(=O)Cn1c(CCCNC(=O)COC)nc2ccccc21. The van der Waals surface area contributed by atoms with Crippen molar-refractivity contribution in [3.8, 4) is 0 Å². The van der Waals surface area contributed by atoms with E-state index in [4.69, 9.17) is 9.72 Å². The maximum atomic E-state index is 12.6. The Morgan fingerprint density at radius 3 is 2.78 bits per heavy atom. The first kappa shape index (κ1) is 20.9. The van der Waals surface area contributed by atoms with Gasteiger partial charge in [-0.25, -0.2) is 4.98 Å². The molecule has 0 fully saturated rings. The molecule has 0 unspecified atom stereocenters. The first-order chi connectivity index (χ1) is 13.1. The largest absolute Gasteiger partial charge is 0.375 e. The van der Waals surface area contributed by atoms with E-state index in [-0.39, 0.29) is 25.0 Å². The molecule has 1 heterocycles. The lowest BCUT2D eigenvalue weighted by Crippen LogP contribution is -2.31. The van der Waals surface area contributed by atoms with Crippen LogP contribution in [0.15, 0.2) is 24.3 Å². The topological polar surface area (TPSA) is 76.5 Å². The first-order valence-electron chi connectivity index (χ1n) is 9.50. The van der Waals surface area contributed by atoms with E-state index in [1.807, 2.05) is 35.9 Å². The van der Waals surface area contributed by atoms with Gasteiger partial charge in [0.1, 0.15) is 19.0 Å². The van der Waals surface area contributed by atoms with Crippen LogP contribution in [0.5, 0.6) is 0 Å². The summed E-state index contributed by atoms with van der Waals surface area (Å²) < 4.78 is 6.80. The van der Waals surface area contributed by atoms with Gasteiger partial charge < -0.3 is 19.5 Å². The fourth-order valence-corrected chi connectivity index (χ4v) is 2.93.